The van der Waals surface area contributed by atoms with Crippen LogP contribution in [0.3, 0.4) is 0 Å². The van der Waals surface area contributed by atoms with Gasteiger partial charge in [-0.2, -0.15) is 0 Å². The number of hydrogen-bond donors (Lipinski definition) is 1. The van der Waals surface area contributed by atoms with E-state index < -0.39 is 0 Å². The molecule has 0 spiro atoms. The highest BCUT2D eigenvalue weighted by Crippen LogP contribution is 2.14. The summed E-state index contributed by atoms with van der Waals surface area (Å²) < 4.78 is 4.95. The maximum atomic E-state index is 5.67. The number of ether oxygens (including phenoxy) is 1. The van der Waals surface area contributed by atoms with Gasteiger partial charge in [-0.15, -0.1) is 11.3 Å². The minimum absolute atomic E-state index is 0.0394. The molecule has 2 N–H and O–H groups in total. The lowest BCUT2D eigenvalue weighted by atomic mass is 10.3. The van der Waals surface area contributed by atoms with Gasteiger partial charge in [-0.1, -0.05) is 0 Å². The maximum Gasteiger partial charge on any atom is 0.0951 e. The summed E-state index contributed by atoms with van der Waals surface area (Å²) in [6.07, 6.45) is 0.883. The molecule has 3 nitrogen and oxygen atoms in total. The molecule has 1 aromatic heterocycles. The van der Waals surface area contributed by atoms with E-state index in [0.29, 0.717) is 0 Å². The average molecular weight is 186 g/mol. The van der Waals surface area contributed by atoms with Crippen molar-refractivity contribution in [2.45, 2.75) is 19.4 Å². The van der Waals surface area contributed by atoms with Gasteiger partial charge in [-0.3, -0.25) is 0 Å². The van der Waals surface area contributed by atoms with Crippen molar-refractivity contribution in [3.8, 4) is 0 Å². The summed E-state index contributed by atoms with van der Waals surface area (Å²) in [6.45, 7) is 2.67. The van der Waals surface area contributed by atoms with Crippen molar-refractivity contribution in [2.75, 3.05) is 13.7 Å². The second kappa shape index (κ2) is 4.54. The van der Waals surface area contributed by atoms with Gasteiger partial charge in [0.05, 0.1) is 17.3 Å². The third kappa shape index (κ3) is 2.55. The summed E-state index contributed by atoms with van der Waals surface area (Å²) in [4.78, 5) is 4.36. The summed E-state index contributed by atoms with van der Waals surface area (Å²) in [5.74, 6) is 0. The summed E-state index contributed by atoms with van der Waals surface area (Å²) in [5, 5.41) is 3.11. The number of nitrogens with zero attached hydrogens (tertiary/aromatic N) is 1. The SMILES string of the molecule is COCCc1nc(C(C)N)cs1. The van der Waals surface area contributed by atoms with Gasteiger partial charge in [0.1, 0.15) is 0 Å². The molecular formula is C8H14N2OS. The summed E-state index contributed by atoms with van der Waals surface area (Å²) in [6, 6.07) is 0.0394. The summed E-state index contributed by atoms with van der Waals surface area (Å²) in [5.41, 5.74) is 6.65. The number of hydrogen-bond acceptors (Lipinski definition) is 4. The van der Waals surface area contributed by atoms with E-state index in [4.69, 9.17) is 10.5 Å². The van der Waals surface area contributed by atoms with Gasteiger partial charge < -0.3 is 10.5 Å². The Balaban J connectivity index is 2.52. The molecule has 12 heavy (non-hydrogen) atoms. The highest BCUT2D eigenvalue weighted by atomic mass is 32.1. The van der Waals surface area contributed by atoms with Gasteiger partial charge in [0, 0.05) is 25.0 Å². The molecule has 4 heteroatoms. The Morgan fingerprint density at radius 3 is 3.00 bits per heavy atom. The van der Waals surface area contributed by atoms with E-state index in [1.54, 1.807) is 18.4 Å². The molecule has 0 bridgehead atoms. The van der Waals surface area contributed by atoms with Crippen LogP contribution in [0, 0.1) is 0 Å². The third-order valence-corrected chi connectivity index (χ3v) is 2.48. The van der Waals surface area contributed by atoms with Crippen molar-refractivity contribution < 1.29 is 4.74 Å². The Morgan fingerprint density at radius 2 is 2.50 bits per heavy atom. The fourth-order valence-corrected chi connectivity index (χ4v) is 1.72. The van der Waals surface area contributed by atoms with E-state index in [9.17, 15) is 0 Å². The number of thiazole rings is 1. The topological polar surface area (TPSA) is 48.1 Å². The molecular weight excluding hydrogens is 172 g/mol. The molecule has 0 radical (unpaired) electrons. The first-order chi connectivity index (χ1) is 5.74. The zero-order chi connectivity index (χ0) is 8.97. The Hall–Kier alpha value is -0.450. The van der Waals surface area contributed by atoms with Crippen molar-refractivity contribution in [2.24, 2.45) is 5.73 Å². The zero-order valence-electron chi connectivity index (χ0n) is 7.41. The molecule has 68 valence electrons. The predicted octanol–water partition coefficient (Wildman–Crippen LogP) is 1.35. The molecule has 0 aliphatic rings. The lowest BCUT2D eigenvalue weighted by molar-refractivity contribution is 0.202. The van der Waals surface area contributed by atoms with Crippen molar-refractivity contribution in [3.63, 3.8) is 0 Å². The van der Waals surface area contributed by atoms with Gasteiger partial charge in [0.15, 0.2) is 0 Å². The van der Waals surface area contributed by atoms with Gasteiger partial charge >= 0.3 is 0 Å². The van der Waals surface area contributed by atoms with Gasteiger partial charge in [-0.25, -0.2) is 4.98 Å². The normalized spacial score (nSPS) is 13.2. The number of methoxy groups -OCH3 is 1. The quantitative estimate of drug-likeness (QED) is 0.772. The predicted molar refractivity (Wildman–Crippen MR) is 50.3 cm³/mol. The van der Waals surface area contributed by atoms with Crippen molar-refractivity contribution in [3.05, 3.63) is 16.1 Å². The molecule has 1 aromatic rings. The average Bonchev–Trinajstić information content (AvgIpc) is 2.48. The Kier molecular flexibility index (Phi) is 3.65. The lowest BCUT2D eigenvalue weighted by Gasteiger charge is -1.97. The number of nitrogens with two attached hydrogens (primary N) is 1. The molecule has 1 heterocycles. The summed E-state index contributed by atoms with van der Waals surface area (Å²) >= 11 is 1.65. The highest BCUT2D eigenvalue weighted by molar-refractivity contribution is 7.09. The fourth-order valence-electron chi connectivity index (χ4n) is 0.838. The van der Waals surface area contributed by atoms with E-state index >= 15 is 0 Å². The van der Waals surface area contributed by atoms with E-state index in [1.165, 1.54) is 0 Å². The fraction of sp³-hybridized carbons (Fsp3) is 0.625. The maximum absolute atomic E-state index is 5.67. The van der Waals surface area contributed by atoms with Crippen LogP contribution >= 0.6 is 11.3 Å². The second-order valence-corrected chi connectivity index (χ2v) is 3.64. The van der Waals surface area contributed by atoms with Crippen LogP contribution in [-0.4, -0.2) is 18.7 Å². The van der Waals surface area contributed by atoms with E-state index in [0.717, 1.165) is 23.7 Å². The molecule has 0 saturated heterocycles. The minimum atomic E-state index is 0.0394. The van der Waals surface area contributed by atoms with Gasteiger partial charge in [0.25, 0.3) is 0 Å². The summed E-state index contributed by atoms with van der Waals surface area (Å²) in [7, 11) is 1.69. The van der Waals surface area contributed by atoms with Crippen LogP contribution < -0.4 is 5.73 Å². The van der Waals surface area contributed by atoms with Crippen molar-refractivity contribution in [1.82, 2.24) is 4.98 Å². The minimum Gasteiger partial charge on any atom is -0.384 e. The monoisotopic (exact) mass is 186 g/mol. The number of aromatic nitrogens is 1. The van der Waals surface area contributed by atoms with Crippen LogP contribution in [0.5, 0.6) is 0 Å². The zero-order valence-corrected chi connectivity index (χ0v) is 8.23. The molecule has 0 aliphatic carbocycles. The van der Waals surface area contributed by atoms with E-state index in [2.05, 4.69) is 4.98 Å². The first kappa shape index (κ1) is 9.64. The molecule has 1 rings (SSSR count). The Morgan fingerprint density at radius 1 is 1.75 bits per heavy atom. The second-order valence-electron chi connectivity index (χ2n) is 2.70. The molecule has 1 atom stereocenters. The standard InChI is InChI=1S/C8H14N2OS/c1-6(9)7-5-12-8(10-7)3-4-11-2/h5-6H,3-4,9H2,1-2H3. The first-order valence-corrected chi connectivity index (χ1v) is 4.81. The molecule has 0 saturated carbocycles. The van der Waals surface area contributed by atoms with E-state index in [1.807, 2.05) is 12.3 Å². The van der Waals surface area contributed by atoms with Crippen molar-refractivity contribution in [1.29, 1.82) is 0 Å². The van der Waals surface area contributed by atoms with Gasteiger partial charge in [-0.05, 0) is 6.92 Å². The third-order valence-electron chi connectivity index (χ3n) is 1.56. The Bertz CT molecular complexity index is 235. The van der Waals surface area contributed by atoms with Crippen LogP contribution in [0.4, 0.5) is 0 Å². The van der Waals surface area contributed by atoms with Gasteiger partial charge in [0.2, 0.25) is 0 Å². The smallest absolute Gasteiger partial charge is 0.0951 e. The largest absolute Gasteiger partial charge is 0.384 e. The molecule has 0 aliphatic heterocycles. The molecule has 0 aromatic carbocycles. The van der Waals surface area contributed by atoms with E-state index in [-0.39, 0.29) is 6.04 Å². The van der Waals surface area contributed by atoms with Crippen LogP contribution in [0.2, 0.25) is 0 Å². The van der Waals surface area contributed by atoms with Crippen LogP contribution in [-0.2, 0) is 11.2 Å². The van der Waals surface area contributed by atoms with Crippen LogP contribution in [0.1, 0.15) is 23.7 Å². The Labute approximate surface area is 76.6 Å². The lowest BCUT2D eigenvalue weighted by Crippen LogP contribution is -2.05. The first-order valence-electron chi connectivity index (χ1n) is 3.93. The van der Waals surface area contributed by atoms with Crippen molar-refractivity contribution >= 4 is 11.3 Å². The van der Waals surface area contributed by atoms with Crippen LogP contribution in [0.15, 0.2) is 5.38 Å². The van der Waals surface area contributed by atoms with Crippen LogP contribution in [0.25, 0.3) is 0 Å². The number of rotatable bonds is 4. The molecule has 0 amide bonds. The molecule has 0 fully saturated rings. The highest BCUT2D eigenvalue weighted by Gasteiger charge is 2.04. The molecule has 1 unspecified atom stereocenters.